The molecule has 94 valence electrons. The minimum Gasteiger partial charge on any atom is -0.334 e. The molecule has 1 unspecified atom stereocenters. The Kier molecular flexibility index (Phi) is 3.79. The fraction of sp³-hybridized carbons (Fsp3) is 0.667. The van der Waals surface area contributed by atoms with Gasteiger partial charge in [0.05, 0.1) is 10.7 Å². The molecule has 2 heterocycles. The first-order valence-electron chi connectivity index (χ1n) is 6.09. The molecule has 1 aromatic rings. The number of thiazole rings is 1. The number of hydrogen-bond donors (Lipinski definition) is 1. The molecular weight excluding hydrogens is 234 g/mol. The molecule has 1 saturated heterocycles. The number of hydrogen-bond acceptors (Lipinski definition) is 4. The maximum Gasteiger partial charge on any atom is 0.266 e. The molecule has 1 atom stereocenters. The van der Waals surface area contributed by atoms with Gasteiger partial charge in [0.2, 0.25) is 0 Å². The van der Waals surface area contributed by atoms with Crippen molar-refractivity contribution in [1.82, 2.24) is 15.2 Å². The van der Waals surface area contributed by atoms with Crippen LogP contribution in [-0.2, 0) is 0 Å². The minimum atomic E-state index is 0.143. The molecule has 17 heavy (non-hydrogen) atoms. The molecule has 0 spiro atoms. The molecule has 4 nitrogen and oxygen atoms in total. The largest absolute Gasteiger partial charge is 0.334 e. The van der Waals surface area contributed by atoms with Gasteiger partial charge in [-0.05, 0) is 33.7 Å². The van der Waals surface area contributed by atoms with Crippen LogP contribution in [0.2, 0.25) is 0 Å². The summed E-state index contributed by atoms with van der Waals surface area (Å²) in [6.45, 7) is 8.59. The van der Waals surface area contributed by atoms with E-state index < -0.39 is 0 Å². The Morgan fingerprint density at radius 3 is 2.82 bits per heavy atom. The molecular formula is C12H19N3OS. The molecule has 1 aliphatic heterocycles. The van der Waals surface area contributed by atoms with Gasteiger partial charge in [-0.1, -0.05) is 0 Å². The molecule has 0 aromatic carbocycles. The summed E-state index contributed by atoms with van der Waals surface area (Å²) in [6, 6.07) is 0.342. The maximum absolute atomic E-state index is 12.5. The zero-order chi connectivity index (χ0) is 12.4. The fourth-order valence-corrected chi connectivity index (χ4v) is 3.21. The molecule has 1 fully saturated rings. The highest BCUT2D eigenvalue weighted by Crippen LogP contribution is 2.21. The number of rotatable bonds is 3. The summed E-state index contributed by atoms with van der Waals surface area (Å²) < 4.78 is 0. The van der Waals surface area contributed by atoms with Crippen LogP contribution < -0.4 is 5.32 Å². The van der Waals surface area contributed by atoms with Crippen LogP contribution in [-0.4, -0.2) is 41.5 Å². The average molecular weight is 253 g/mol. The minimum absolute atomic E-state index is 0.143. The number of nitrogens with one attached hydrogen (secondary N) is 1. The van der Waals surface area contributed by atoms with E-state index in [-0.39, 0.29) is 5.91 Å². The van der Waals surface area contributed by atoms with Crippen LogP contribution >= 0.6 is 11.3 Å². The molecule has 1 aromatic heterocycles. The van der Waals surface area contributed by atoms with Gasteiger partial charge in [-0.3, -0.25) is 4.79 Å². The standard InChI is InChI=1S/C12H19N3OS/c1-4-15(10-5-6-13-7-10)12(16)11-8(2)14-9(3)17-11/h10,13H,4-7H2,1-3H3. The molecule has 0 saturated carbocycles. The van der Waals surface area contributed by atoms with Gasteiger partial charge in [0, 0.05) is 19.1 Å². The third-order valence-electron chi connectivity index (χ3n) is 3.17. The van der Waals surface area contributed by atoms with E-state index in [2.05, 4.69) is 10.3 Å². The number of likely N-dealkylation sites (N-methyl/N-ethyl adjacent to an activating group) is 1. The lowest BCUT2D eigenvalue weighted by atomic mass is 10.2. The van der Waals surface area contributed by atoms with Crippen LogP contribution in [0, 0.1) is 13.8 Å². The Hall–Kier alpha value is -0.940. The van der Waals surface area contributed by atoms with Gasteiger partial charge >= 0.3 is 0 Å². The Balaban J connectivity index is 2.19. The van der Waals surface area contributed by atoms with Gasteiger partial charge in [0.15, 0.2) is 0 Å². The second kappa shape index (κ2) is 5.14. The summed E-state index contributed by atoms with van der Waals surface area (Å²) in [5.74, 6) is 0.143. The van der Waals surface area contributed by atoms with E-state index in [9.17, 15) is 4.79 Å². The van der Waals surface area contributed by atoms with Gasteiger partial charge in [0.1, 0.15) is 4.88 Å². The average Bonchev–Trinajstić information content (AvgIpc) is 2.89. The number of amides is 1. The maximum atomic E-state index is 12.5. The van der Waals surface area contributed by atoms with Crippen molar-refractivity contribution in [1.29, 1.82) is 0 Å². The smallest absolute Gasteiger partial charge is 0.266 e. The van der Waals surface area contributed by atoms with E-state index >= 15 is 0 Å². The Labute approximate surface area is 106 Å². The molecule has 1 N–H and O–H groups in total. The summed E-state index contributed by atoms with van der Waals surface area (Å²) in [7, 11) is 0. The topological polar surface area (TPSA) is 45.2 Å². The number of aryl methyl sites for hydroxylation is 2. The summed E-state index contributed by atoms with van der Waals surface area (Å²) >= 11 is 1.50. The lowest BCUT2D eigenvalue weighted by Gasteiger charge is -2.26. The molecule has 1 amide bonds. The summed E-state index contributed by atoms with van der Waals surface area (Å²) in [5, 5.41) is 4.27. The zero-order valence-corrected chi connectivity index (χ0v) is 11.4. The summed E-state index contributed by atoms with van der Waals surface area (Å²) in [6.07, 6.45) is 1.05. The molecule has 1 aliphatic rings. The van der Waals surface area contributed by atoms with E-state index in [1.807, 2.05) is 25.7 Å². The molecule has 0 aliphatic carbocycles. The molecule has 0 bridgehead atoms. The fourth-order valence-electron chi connectivity index (χ4n) is 2.33. The van der Waals surface area contributed by atoms with Gasteiger partial charge in [-0.25, -0.2) is 4.98 Å². The summed E-state index contributed by atoms with van der Waals surface area (Å²) in [4.78, 5) is 19.6. The highest BCUT2D eigenvalue weighted by atomic mass is 32.1. The molecule has 2 rings (SSSR count). The van der Waals surface area contributed by atoms with Crippen LogP contribution in [0.4, 0.5) is 0 Å². The second-order valence-electron chi connectivity index (χ2n) is 4.39. The van der Waals surface area contributed by atoms with Gasteiger partial charge in [0.25, 0.3) is 5.91 Å². The number of aromatic nitrogens is 1. The van der Waals surface area contributed by atoms with E-state index in [1.54, 1.807) is 0 Å². The first kappa shape index (κ1) is 12.5. The van der Waals surface area contributed by atoms with Crippen molar-refractivity contribution in [3.05, 3.63) is 15.6 Å². The Morgan fingerprint density at radius 1 is 1.59 bits per heavy atom. The quantitative estimate of drug-likeness (QED) is 0.889. The van der Waals surface area contributed by atoms with Gasteiger partial charge in [-0.15, -0.1) is 11.3 Å². The highest BCUT2D eigenvalue weighted by molar-refractivity contribution is 7.13. The van der Waals surface area contributed by atoms with Crippen molar-refractivity contribution >= 4 is 17.2 Å². The lowest BCUT2D eigenvalue weighted by molar-refractivity contribution is 0.0708. The summed E-state index contributed by atoms with van der Waals surface area (Å²) in [5.41, 5.74) is 0.863. The van der Waals surface area contributed by atoms with Crippen LogP contribution in [0.5, 0.6) is 0 Å². The number of carbonyl (C=O) groups is 1. The second-order valence-corrected chi connectivity index (χ2v) is 5.59. The zero-order valence-electron chi connectivity index (χ0n) is 10.6. The van der Waals surface area contributed by atoms with Gasteiger partial charge in [-0.2, -0.15) is 0 Å². The predicted octanol–water partition coefficient (Wildman–Crippen LogP) is 1.58. The van der Waals surface area contributed by atoms with Gasteiger partial charge < -0.3 is 10.2 Å². The van der Waals surface area contributed by atoms with Crippen molar-refractivity contribution in [3.8, 4) is 0 Å². The first-order valence-corrected chi connectivity index (χ1v) is 6.90. The van der Waals surface area contributed by atoms with Crippen molar-refractivity contribution in [2.24, 2.45) is 0 Å². The van der Waals surface area contributed by atoms with Crippen molar-refractivity contribution in [3.63, 3.8) is 0 Å². The third-order valence-corrected chi connectivity index (χ3v) is 4.24. The van der Waals surface area contributed by atoms with Crippen LogP contribution in [0.3, 0.4) is 0 Å². The van der Waals surface area contributed by atoms with E-state index in [1.165, 1.54) is 11.3 Å². The van der Waals surface area contributed by atoms with Crippen LogP contribution in [0.15, 0.2) is 0 Å². The number of carbonyl (C=O) groups excluding carboxylic acids is 1. The first-order chi connectivity index (χ1) is 8.13. The van der Waals surface area contributed by atoms with Crippen molar-refractivity contribution < 1.29 is 4.79 Å². The van der Waals surface area contributed by atoms with E-state index in [4.69, 9.17) is 0 Å². The SMILES string of the molecule is CCN(C(=O)c1sc(C)nc1C)C1CCNC1. The molecule has 0 radical (unpaired) electrons. The van der Waals surface area contributed by atoms with Crippen LogP contribution in [0.1, 0.15) is 33.7 Å². The normalized spacial score (nSPS) is 19.6. The number of nitrogens with zero attached hydrogens (tertiary/aromatic N) is 2. The molecule has 5 heteroatoms. The van der Waals surface area contributed by atoms with E-state index in [0.717, 1.165) is 41.6 Å². The lowest BCUT2D eigenvalue weighted by Crippen LogP contribution is -2.41. The Bertz CT molecular complexity index is 410. The van der Waals surface area contributed by atoms with Crippen molar-refractivity contribution in [2.75, 3.05) is 19.6 Å². The van der Waals surface area contributed by atoms with E-state index in [0.29, 0.717) is 6.04 Å². The third kappa shape index (κ3) is 2.50. The van der Waals surface area contributed by atoms with Crippen molar-refractivity contribution in [2.45, 2.75) is 33.2 Å². The monoisotopic (exact) mass is 253 g/mol. The van der Waals surface area contributed by atoms with Crippen LogP contribution in [0.25, 0.3) is 0 Å². The predicted molar refractivity (Wildman–Crippen MR) is 69.6 cm³/mol. The highest BCUT2D eigenvalue weighted by Gasteiger charge is 2.28. The Morgan fingerprint density at radius 2 is 2.35 bits per heavy atom.